The minimum absolute atomic E-state index is 0.150. The van der Waals surface area contributed by atoms with Gasteiger partial charge in [0.25, 0.3) is 0 Å². The Kier molecular flexibility index (Phi) is 4.81. The Morgan fingerprint density at radius 2 is 2.04 bits per heavy atom. The summed E-state index contributed by atoms with van der Waals surface area (Å²) in [6.45, 7) is 0.783. The van der Waals surface area contributed by atoms with E-state index in [0.717, 1.165) is 24.4 Å². The number of aromatic nitrogens is 4. The topological polar surface area (TPSA) is 99.7 Å². The Morgan fingerprint density at radius 1 is 1.19 bits per heavy atom. The number of hydrogen-bond acceptors (Lipinski definition) is 6. The molecule has 0 saturated heterocycles. The van der Waals surface area contributed by atoms with Gasteiger partial charge in [-0.2, -0.15) is 10.4 Å². The quantitative estimate of drug-likeness (QED) is 0.725. The molecule has 0 aliphatic heterocycles. The highest BCUT2D eigenvalue weighted by Gasteiger charge is 2.34. The highest BCUT2D eigenvalue weighted by atomic mass is 16.3. The molecule has 3 atom stereocenters. The van der Waals surface area contributed by atoms with Crippen molar-refractivity contribution in [2.45, 2.75) is 31.5 Å². The summed E-state index contributed by atoms with van der Waals surface area (Å²) in [6, 6.07) is 13.6. The van der Waals surface area contributed by atoms with Crippen LogP contribution >= 0.6 is 0 Å². The maximum Gasteiger partial charge on any atom is 0.166 e. The minimum atomic E-state index is -0.493. The molecule has 4 rings (SSSR count). The first-order valence-electron chi connectivity index (χ1n) is 8.97. The minimum Gasteiger partial charge on any atom is -0.391 e. The first kappa shape index (κ1) is 17.2. The van der Waals surface area contributed by atoms with Crippen molar-refractivity contribution < 1.29 is 5.11 Å². The summed E-state index contributed by atoms with van der Waals surface area (Å²) in [5.74, 6) is 1.66. The molecule has 7 heteroatoms. The van der Waals surface area contributed by atoms with E-state index in [1.54, 1.807) is 6.07 Å². The van der Waals surface area contributed by atoms with Crippen LogP contribution < -0.4 is 5.32 Å². The van der Waals surface area contributed by atoms with Crippen LogP contribution in [-0.4, -0.2) is 37.0 Å². The van der Waals surface area contributed by atoms with Gasteiger partial charge in [-0.05, 0) is 24.8 Å². The Balaban J connectivity index is 1.46. The van der Waals surface area contributed by atoms with Gasteiger partial charge >= 0.3 is 0 Å². The molecule has 136 valence electrons. The van der Waals surface area contributed by atoms with Crippen LogP contribution in [0.2, 0.25) is 0 Å². The number of nitrogens with zero attached hydrogens (tertiary/aromatic N) is 5. The second kappa shape index (κ2) is 7.56. The third kappa shape index (κ3) is 3.66. The van der Waals surface area contributed by atoms with Gasteiger partial charge in [-0.25, -0.2) is 4.98 Å². The Labute approximate surface area is 157 Å². The molecule has 1 saturated carbocycles. The summed E-state index contributed by atoms with van der Waals surface area (Å²) in [6.07, 6.45) is 6.25. The van der Waals surface area contributed by atoms with Crippen LogP contribution in [0, 0.1) is 17.2 Å². The van der Waals surface area contributed by atoms with E-state index in [0.29, 0.717) is 23.7 Å². The van der Waals surface area contributed by atoms with Gasteiger partial charge in [-0.1, -0.05) is 30.3 Å². The molecule has 3 aromatic rings. The molecule has 1 unspecified atom stereocenters. The lowest BCUT2D eigenvalue weighted by Gasteiger charge is -2.17. The fraction of sp³-hybridized carbons (Fsp3) is 0.300. The number of aliphatic hydroxyl groups is 1. The molecule has 1 aliphatic rings. The van der Waals surface area contributed by atoms with E-state index < -0.39 is 6.10 Å². The second-order valence-electron chi connectivity index (χ2n) is 6.83. The van der Waals surface area contributed by atoms with Crippen LogP contribution in [0.25, 0.3) is 11.4 Å². The third-order valence-electron chi connectivity index (χ3n) is 4.99. The van der Waals surface area contributed by atoms with E-state index >= 15 is 0 Å². The number of aliphatic hydroxyl groups excluding tert-OH is 1. The fourth-order valence-corrected chi connectivity index (χ4v) is 3.71. The van der Waals surface area contributed by atoms with Crippen molar-refractivity contribution in [3.8, 4) is 17.5 Å². The molecule has 1 aliphatic carbocycles. The number of nitriles is 1. The van der Waals surface area contributed by atoms with Crippen LogP contribution in [0.4, 0.5) is 5.82 Å². The van der Waals surface area contributed by atoms with Crippen molar-refractivity contribution in [2.24, 2.45) is 5.92 Å². The zero-order valence-electron chi connectivity index (χ0n) is 14.7. The van der Waals surface area contributed by atoms with E-state index in [-0.39, 0.29) is 6.04 Å². The van der Waals surface area contributed by atoms with E-state index in [4.69, 9.17) is 0 Å². The second-order valence-corrected chi connectivity index (χ2v) is 6.83. The molecule has 2 N–H and O–H groups in total. The molecule has 0 amide bonds. The van der Waals surface area contributed by atoms with E-state index in [1.807, 2.05) is 42.7 Å². The summed E-state index contributed by atoms with van der Waals surface area (Å²) in [4.78, 5) is 4.49. The van der Waals surface area contributed by atoms with Gasteiger partial charge in [0.05, 0.1) is 23.9 Å². The number of benzene rings is 1. The molecule has 2 aromatic heterocycles. The molecular formula is C20H20N6O. The normalized spacial score (nSPS) is 21.7. The van der Waals surface area contributed by atoms with Crippen LogP contribution in [-0.2, 0) is 6.54 Å². The highest BCUT2D eigenvalue weighted by Crippen LogP contribution is 2.31. The van der Waals surface area contributed by atoms with Crippen molar-refractivity contribution in [3.05, 3.63) is 60.6 Å². The van der Waals surface area contributed by atoms with E-state index in [2.05, 4.69) is 31.1 Å². The number of hydrogen-bond donors (Lipinski definition) is 2. The standard InChI is InChI=1S/C20H20N6O/c21-12-16-6-7-23-25-19(16)24-17-10-14(11-18(17)27)13-26-9-8-22-20(26)15-4-2-1-3-5-15/h1-9,14,17-18,27H,10-11,13H2,(H,24,25)/t14?,17-,18-/m1/s1. The molecule has 7 nitrogen and oxygen atoms in total. The SMILES string of the molecule is N#Cc1ccnnc1N[C@@H]1CC(Cn2ccnc2-c2ccccc2)C[C@H]1O. The van der Waals surface area contributed by atoms with E-state index in [1.165, 1.54) is 6.20 Å². The van der Waals surface area contributed by atoms with Gasteiger partial charge in [0.2, 0.25) is 0 Å². The predicted octanol–water partition coefficient (Wildman–Crippen LogP) is 2.46. The first-order valence-corrected chi connectivity index (χ1v) is 8.97. The average molecular weight is 360 g/mol. The lowest BCUT2D eigenvalue weighted by molar-refractivity contribution is 0.166. The van der Waals surface area contributed by atoms with Crippen molar-refractivity contribution in [3.63, 3.8) is 0 Å². The van der Waals surface area contributed by atoms with Gasteiger partial charge in [-0.3, -0.25) is 0 Å². The number of imidazole rings is 1. The molecule has 1 fully saturated rings. The number of anilines is 1. The van der Waals surface area contributed by atoms with Gasteiger partial charge in [-0.15, -0.1) is 5.10 Å². The summed E-state index contributed by atoms with van der Waals surface area (Å²) in [5.41, 5.74) is 1.51. The maximum atomic E-state index is 10.5. The zero-order chi connectivity index (χ0) is 18.6. The molecule has 27 heavy (non-hydrogen) atoms. The maximum absolute atomic E-state index is 10.5. The predicted molar refractivity (Wildman–Crippen MR) is 101 cm³/mol. The molecule has 0 bridgehead atoms. The summed E-state index contributed by atoms with van der Waals surface area (Å²) in [5, 5.41) is 30.7. The van der Waals surface area contributed by atoms with Gasteiger partial charge in [0.15, 0.2) is 5.82 Å². The van der Waals surface area contributed by atoms with Crippen LogP contribution in [0.1, 0.15) is 18.4 Å². The average Bonchev–Trinajstić information content (AvgIpc) is 3.30. The number of rotatable bonds is 5. The van der Waals surface area contributed by atoms with Gasteiger partial charge < -0.3 is 15.0 Å². The van der Waals surface area contributed by atoms with Crippen molar-refractivity contribution in [2.75, 3.05) is 5.32 Å². The van der Waals surface area contributed by atoms with E-state index in [9.17, 15) is 10.4 Å². The summed E-state index contributed by atoms with van der Waals surface area (Å²) in [7, 11) is 0. The summed E-state index contributed by atoms with van der Waals surface area (Å²) < 4.78 is 2.14. The van der Waals surface area contributed by atoms with Crippen molar-refractivity contribution >= 4 is 5.82 Å². The Hall–Kier alpha value is -3.24. The smallest absolute Gasteiger partial charge is 0.166 e. The van der Waals surface area contributed by atoms with Crippen LogP contribution in [0.15, 0.2) is 55.0 Å². The van der Waals surface area contributed by atoms with Gasteiger partial charge in [0.1, 0.15) is 11.9 Å². The zero-order valence-corrected chi connectivity index (χ0v) is 14.7. The Bertz CT molecular complexity index is 948. The fourth-order valence-electron chi connectivity index (χ4n) is 3.71. The molecular weight excluding hydrogens is 340 g/mol. The highest BCUT2D eigenvalue weighted by molar-refractivity contribution is 5.55. The third-order valence-corrected chi connectivity index (χ3v) is 4.99. The molecule has 0 spiro atoms. The lowest BCUT2D eigenvalue weighted by Crippen LogP contribution is -2.28. The van der Waals surface area contributed by atoms with Crippen molar-refractivity contribution in [1.82, 2.24) is 19.7 Å². The molecule has 2 heterocycles. The van der Waals surface area contributed by atoms with Crippen LogP contribution in [0.5, 0.6) is 0 Å². The monoisotopic (exact) mass is 360 g/mol. The van der Waals surface area contributed by atoms with Gasteiger partial charge in [0, 0.05) is 24.5 Å². The largest absolute Gasteiger partial charge is 0.391 e. The number of nitrogens with one attached hydrogen (secondary N) is 1. The summed E-state index contributed by atoms with van der Waals surface area (Å²) >= 11 is 0. The van der Waals surface area contributed by atoms with Crippen LogP contribution in [0.3, 0.4) is 0 Å². The lowest BCUT2D eigenvalue weighted by atomic mass is 10.1. The Morgan fingerprint density at radius 3 is 2.85 bits per heavy atom. The molecule has 1 aromatic carbocycles. The first-order chi connectivity index (χ1) is 13.2. The molecule has 0 radical (unpaired) electrons. The van der Waals surface area contributed by atoms with Crippen molar-refractivity contribution in [1.29, 1.82) is 5.26 Å².